The van der Waals surface area contributed by atoms with Crippen molar-refractivity contribution >= 4 is 6.72 Å². The molecular formula is C8H16N+. The fraction of sp³-hybridized carbons (Fsp3) is 0.625. The fourth-order valence-electron chi connectivity index (χ4n) is 0.598. The molecular weight excluding hydrogens is 110 g/mol. The lowest BCUT2D eigenvalue weighted by Gasteiger charge is -2.10. The van der Waals surface area contributed by atoms with Gasteiger partial charge in [0.15, 0.2) is 6.04 Å². The third-order valence-corrected chi connectivity index (χ3v) is 1.83. The molecule has 52 valence electrons. The maximum Gasteiger partial charge on any atom is 0.155 e. The average molecular weight is 126 g/mol. The zero-order valence-corrected chi connectivity index (χ0v) is 6.59. The van der Waals surface area contributed by atoms with Gasteiger partial charge in [-0.25, -0.2) is 4.58 Å². The molecule has 1 nitrogen and oxygen atoms in total. The van der Waals surface area contributed by atoms with Gasteiger partial charge in [-0.2, -0.15) is 0 Å². The molecule has 0 aromatic heterocycles. The van der Waals surface area contributed by atoms with Gasteiger partial charge < -0.3 is 0 Å². The maximum atomic E-state index is 3.79. The van der Waals surface area contributed by atoms with Crippen molar-refractivity contribution in [2.24, 2.45) is 5.92 Å². The third kappa shape index (κ3) is 2.45. The number of hydrogen-bond acceptors (Lipinski definition) is 0. The molecule has 0 aromatic carbocycles. The molecule has 0 bridgehead atoms. The summed E-state index contributed by atoms with van der Waals surface area (Å²) in [6.45, 7) is 11.8. The Hall–Kier alpha value is -0.590. The van der Waals surface area contributed by atoms with Gasteiger partial charge in [-0.15, -0.1) is 6.58 Å². The van der Waals surface area contributed by atoms with Crippen molar-refractivity contribution in [3.63, 3.8) is 0 Å². The summed E-state index contributed by atoms with van der Waals surface area (Å²) in [4.78, 5) is 0. The average Bonchev–Trinajstić information content (AvgIpc) is 1.84. The highest BCUT2D eigenvalue weighted by molar-refractivity contribution is 5.14. The molecule has 0 saturated carbocycles. The minimum Gasteiger partial charge on any atom is -0.242 e. The summed E-state index contributed by atoms with van der Waals surface area (Å²) in [6.07, 6.45) is 1.95. The van der Waals surface area contributed by atoms with E-state index in [0.29, 0.717) is 12.0 Å². The zero-order valence-electron chi connectivity index (χ0n) is 6.59. The van der Waals surface area contributed by atoms with E-state index in [4.69, 9.17) is 0 Å². The maximum absolute atomic E-state index is 3.79. The number of rotatable bonds is 3. The molecule has 0 amide bonds. The van der Waals surface area contributed by atoms with Crippen molar-refractivity contribution in [1.82, 2.24) is 0 Å². The predicted molar refractivity (Wildman–Crippen MR) is 42.1 cm³/mol. The molecule has 1 heteroatoms. The van der Waals surface area contributed by atoms with E-state index in [1.54, 1.807) is 0 Å². The van der Waals surface area contributed by atoms with Crippen LogP contribution < -0.4 is 0 Å². The Morgan fingerprint density at radius 1 is 1.44 bits per heavy atom. The van der Waals surface area contributed by atoms with E-state index in [1.165, 1.54) is 0 Å². The van der Waals surface area contributed by atoms with Crippen LogP contribution in [0.1, 0.15) is 13.8 Å². The molecule has 2 unspecified atom stereocenters. The first-order valence-electron chi connectivity index (χ1n) is 3.25. The normalized spacial score (nSPS) is 16.3. The number of nitrogens with zero attached hydrogens (tertiary/aromatic N) is 1. The predicted octanol–water partition coefficient (Wildman–Crippen LogP) is 1.54. The van der Waals surface area contributed by atoms with Gasteiger partial charge >= 0.3 is 0 Å². The van der Waals surface area contributed by atoms with Gasteiger partial charge in [0, 0.05) is 5.92 Å². The van der Waals surface area contributed by atoms with Gasteiger partial charge in [0.05, 0.1) is 0 Å². The Bertz CT molecular complexity index is 116. The van der Waals surface area contributed by atoms with Crippen LogP contribution in [0.15, 0.2) is 12.7 Å². The molecule has 2 atom stereocenters. The van der Waals surface area contributed by atoms with Crippen molar-refractivity contribution < 1.29 is 4.58 Å². The van der Waals surface area contributed by atoms with Crippen molar-refractivity contribution in [2.75, 3.05) is 7.05 Å². The van der Waals surface area contributed by atoms with Gasteiger partial charge in [-0.3, -0.25) is 0 Å². The first-order valence-corrected chi connectivity index (χ1v) is 3.25. The Kier molecular flexibility index (Phi) is 3.21. The van der Waals surface area contributed by atoms with Crippen LogP contribution in [-0.4, -0.2) is 24.4 Å². The highest BCUT2D eigenvalue weighted by Gasteiger charge is 2.13. The Balaban J connectivity index is 3.86. The van der Waals surface area contributed by atoms with Crippen LogP contribution in [0.2, 0.25) is 0 Å². The Morgan fingerprint density at radius 2 is 1.89 bits per heavy atom. The lowest BCUT2D eigenvalue weighted by Crippen LogP contribution is -2.23. The topological polar surface area (TPSA) is 3.01 Å². The van der Waals surface area contributed by atoms with E-state index in [2.05, 4.69) is 27.1 Å². The SMILES string of the molecule is C=CC(C)C(C)[N+](=C)C. The second kappa shape index (κ2) is 3.44. The lowest BCUT2D eigenvalue weighted by molar-refractivity contribution is -0.532. The highest BCUT2D eigenvalue weighted by atomic mass is 15.0. The molecule has 0 saturated heterocycles. The van der Waals surface area contributed by atoms with Crippen LogP contribution in [0.4, 0.5) is 0 Å². The number of hydrogen-bond donors (Lipinski definition) is 0. The molecule has 0 aliphatic rings. The minimum absolute atomic E-state index is 0.488. The molecule has 0 radical (unpaired) electrons. The van der Waals surface area contributed by atoms with Gasteiger partial charge in [0.2, 0.25) is 0 Å². The fourth-order valence-corrected chi connectivity index (χ4v) is 0.598. The smallest absolute Gasteiger partial charge is 0.155 e. The summed E-state index contributed by atoms with van der Waals surface area (Å²) in [5.74, 6) is 0.521. The molecule has 0 aliphatic carbocycles. The second-order valence-electron chi connectivity index (χ2n) is 2.59. The van der Waals surface area contributed by atoms with Crippen LogP contribution in [0.25, 0.3) is 0 Å². The lowest BCUT2D eigenvalue weighted by atomic mass is 10.0. The van der Waals surface area contributed by atoms with Crippen molar-refractivity contribution in [1.29, 1.82) is 0 Å². The molecule has 0 fully saturated rings. The van der Waals surface area contributed by atoms with Crippen molar-refractivity contribution in [3.8, 4) is 0 Å². The summed E-state index contributed by atoms with van der Waals surface area (Å²) >= 11 is 0. The second-order valence-corrected chi connectivity index (χ2v) is 2.59. The van der Waals surface area contributed by atoms with E-state index in [9.17, 15) is 0 Å². The van der Waals surface area contributed by atoms with Crippen molar-refractivity contribution in [3.05, 3.63) is 12.7 Å². The largest absolute Gasteiger partial charge is 0.242 e. The Morgan fingerprint density at radius 3 is 2.00 bits per heavy atom. The molecule has 9 heavy (non-hydrogen) atoms. The van der Waals surface area contributed by atoms with E-state index < -0.39 is 0 Å². The monoisotopic (exact) mass is 126 g/mol. The molecule has 0 heterocycles. The summed E-state index contributed by atoms with van der Waals surface area (Å²) in [7, 11) is 1.98. The standard InChI is InChI=1S/C8H16N/c1-6-7(2)8(3)9(4)5/h6-8H,1,4H2,2-3,5H3/q+1. The highest BCUT2D eigenvalue weighted by Crippen LogP contribution is 2.04. The van der Waals surface area contributed by atoms with Gasteiger partial charge in [-0.1, -0.05) is 13.0 Å². The van der Waals surface area contributed by atoms with Gasteiger partial charge in [0.1, 0.15) is 13.8 Å². The Labute approximate surface area is 57.7 Å². The minimum atomic E-state index is 0.488. The van der Waals surface area contributed by atoms with E-state index in [1.807, 2.05) is 17.7 Å². The quantitative estimate of drug-likeness (QED) is 0.306. The molecule has 0 spiro atoms. The van der Waals surface area contributed by atoms with Gasteiger partial charge in [0.25, 0.3) is 0 Å². The first kappa shape index (κ1) is 8.41. The molecule has 0 rings (SSSR count). The van der Waals surface area contributed by atoms with E-state index >= 15 is 0 Å². The van der Waals surface area contributed by atoms with E-state index in [-0.39, 0.29) is 0 Å². The summed E-state index contributed by atoms with van der Waals surface area (Å²) in [6, 6.07) is 0.488. The van der Waals surface area contributed by atoms with Crippen LogP contribution >= 0.6 is 0 Å². The first-order chi connectivity index (χ1) is 4.09. The van der Waals surface area contributed by atoms with Crippen LogP contribution in [0.5, 0.6) is 0 Å². The zero-order chi connectivity index (χ0) is 7.44. The van der Waals surface area contributed by atoms with Crippen LogP contribution in [0, 0.1) is 5.92 Å². The van der Waals surface area contributed by atoms with E-state index in [0.717, 1.165) is 0 Å². The third-order valence-electron chi connectivity index (χ3n) is 1.83. The van der Waals surface area contributed by atoms with Gasteiger partial charge in [-0.05, 0) is 6.92 Å². The molecule has 0 N–H and O–H groups in total. The van der Waals surface area contributed by atoms with Crippen molar-refractivity contribution in [2.45, 2.75) is 19.9 Å². The molecule has 0 aliphatic heterocycles. The summed E-state index contributed by atoms with van der Waals surface area (Å²) in [5.41, 5.74) is 0. The summed E-state index contributed by atoms with van der Waals surface area (Å²) in [5, 5.41) is 0. The molecule has 0 aromatic rings. The summed E-state index contributed by atoms with van der Waals surface area (Å²) < 4.78 is 1.95. The van der Waals surface area contributed by atoms with Crippen LogP contribution in [0.3, 0.4) is 0 Å². The van der Waals surface area contributed by atoms with Crippen LogP contribution in [-0.2, 0) is 0 Å².